The van der Waals surface area contributed by atoms with Gasteiger partial charge in [0.05, 0.1) is 39.6 Å². The molecular weight excluding hydrogens is 487 g/mol. The van der Waals surface area contributed by atoms with Gasteiger partial charge in [-0.2, -0.15) is 0 Å². The minimum atomic E-state index is -1.10. The van der Waals surface area contributed by atoms with E-state index in [-0.39, 0.29) is 17.8 Å². The SMILES string of the molecule is Cc1cc(C(C2CCOCC2)n2c3cc(-c4c(C)nnn4C)c(F)cc3c3ncc(C(C)(C)O)cc32)no1. The van der Waals surface area contributed by atoms with E-state index in [4.69, 9.17) is 14.2 Å². The number of hydrogen-bond donors (Lipinski definition) is 1. The van der Waals surface area contributed by atoms with Crippen LogP contribution in [0.3, 0.4) is 0 Å². The molecule has 0 amide bonds. The molecule has 5 aromatic rings. The number of aromatic nitrogens is 6. The van der Waals surface area contributed by atoms with Gasteiger partial charge in [-0.25, -0.2) is 9.07 Å². The number of aliphatic hydroxyl groups is 1. The highest BCUT2D eigenvalue weighted by molar-refractivity contribution is 6.07. The molecule has 0 aliphatic carbocycles. The van der Waals surface area contributed by atoms with Crippen LogP contribution in [0.5, 0.6) is 0 Å². The van der Waals surface area contributed by atoms with Crippen molar-refractivity contribution in [2.45, 2.75) is 52.2 Å². The average Bonchev–Trinajstić information content (AvgIpc) is 3.55. The van der Waals surface area contributed by atoms with Crippen LogP contribution in [-0.2, 0) is 17.4 Å². The summed E-state index contributed by atoms with van der Waals surface area (Å²) in [6.07, 6.45) is 3.35. The topological polar surface area (TPSA) is 104 Å². The van der Waals surface area contributed by atoms with Crippen molar-refractivity contribution in [3.8, 4) is 11.3 Å². The Morgan fingerprint density at radius 3 is 2.50 bits per heavy atom. The molecule has 0 bridgehead atoms. The van der Waals surface area contributed by atoms with Gasteiger partial charge in [-0.3, -0.25) is 4.98 Å². The van der Waals surface area contributed by atoms with E-state index in [0.717, 1.165) is 35.3 Å². The molecule has 1 aliphatic rings. The van der Waals surface area contributed by atoms with E-state index < -0.39 is 5.60 Å². The van der Waals surface area contributed by atoms with Crippen molar-refractivity contribution < 1.29 is 18.8 Å². The van der Waals surface area contributed by atoms with Gasteiger partial charge in [0.25, 0.3) is 0 Å². The van der Waals surface area contributed by atoms with Gasteiger partial charge in [0.2, 0.25) is 0 Å². The molecule has 38 heavy (non-hydrogen) atoms. The Labute approximate surface area is 219 Å². The van der Waals surface area contributed by atoms with Gasteiger partial charge in [0, 0.05) is 49.0 Å². The summed E-state index contributed by atoms with van der Waals surface area (Å²) in [5, 5.41) is 24.2. The lowest BCUT2D eigenvalue weighted by Gasteiger charge is -2.31. The largest absolute Gasteiger partial charge is 0.386 e. The van der Waals surface area contributed by atoms with Gasteiger partial charge in [-0.1, -0.05) is 10.4 Å². The Kier molecular flexibility index (Phi) is 5.84. The van der Waals surface area contributed by atoms with Crippen molar-refractivity contribution >= 4 is 21.9 Å². The number of nitrogens with zero attached hydrogens (tertiary/aromatic N) is 6. The van der Waals surface area contributed by atoms with Crippen LogP contribution in [0.1, 0.15) is 55.4 Å². The number of benzene rings is 1. The molecule has 5 heterocycles. The Morgan fingerprint density at radius 1 is 1.11 bits per heavy atom. The van der Waals surface area contributed by atoms with E-state index in [0.29, 0.717) is 46.6 Å². The van der Waals surface area contributed by atoms with Gasteiger partial charge in [-0.05, 0) is 64.7 Å². The maximum atomic E-state index is 15.7. The normalized spacial score (nSPS) is 16.1. The molecule has 1 aliphatic heterocycles. The lowest BCUT2D eigenvalue weighted by molar-refractivity contribution is 0.0543. The van der Waals surface area contributed by atoms with Gasteiger partial charge in [-0.15, -0.1) is 5.10 Å². The zero-order chi connectivity index (χ0) is 26.8. The average molecular weight is 519 g/mol. The molecule has 1 saturated heterocycles. The summed E-state index contributed by atoms with van der Waals surface area (Å²) in [7, 11) is 1.76. The summed E-state index contributed by atoms with van der Waals surface area (Å²) in [4.78, 5) is 4.75. The summed E-state index contributed by atoms with van der Waals surface area (Å²) in [5.74, 6) is 0.543. The van der Waals surface area contributed by atoms with Gasteiger partial charge < -0.3 is 18.9 Å². The number of pyridine rings is 1. The lowest BCUT2D eigenvalue weighted by atomic mass is 9.89. The number of hydrogen-bond acceptors (Lipinski definition) is 7. The zero-order valence-electron chi connectivity index (χ0n) is 22.2. The second-order valence-corrected chi connectivity index (χ2v) is 10.8. The number of fused-ring (bicyclic) bond motifs is 3. The van der Waals surface area contributed by atoms with Crippen LogP contribution in [-0.4, -0.2) is 48.0 Å². The van der Waals surface area contributed by atoms with Crippen molar-refractivity contribution in [3.05, 3.63) is 59.0 Å². The third-order valence-electron chi connectivity index (χ3n) is 7.62. The van der Waals surface area contributed by atoms with E-state index in [1.165, 1.54) is 0 Å². The molecular formula is C28H31FN6O3. The second kappa shape index (κ2) is 8.99. The quantitative estimate of drug-likeness (QED) is 0.350. The van der Waals surface area contributed by atoms with E-state index in [1.807, 2.05) is 32.0 Å². The molecule has 1 atom stereocenters. The minimum absolute atomic E-state index is 0.200. The predicted octanol–water partition coefficient (Wildman–Crippen LogP) is 4.97. The van der Waals surface area contributed by atoms with Crippen LogP contribution in [0, 0.1) is 25.6 Å². The summed E-state index contributed by atoms with van der Waals surface area (Å²) < 4.78 is 30.8. The summed E-state index contributed by atoms with van der Waals surface area (Å²) in [5.41, 5.74) is 4.31. The van der Waals surface area contributed by atoms with Crippen molar-refractivity contribution in [1.82, 2.24) is 29.7 Å². The minimum Gasteiger partial charge on any atom is -0.386 e. The maximum Gasteiger partial charge on any atom is 0.134 e. The molecule has 1 fully saturated rings. The summed E-state index contributed by atoms with van der Waals surface area (Å²) in [6.45, 7) is 8.47. The Bertz CT molecular complexity index is 1640. The van der Waals surface area contributed by atoms with Crippen LogP contribution in [0.25, 0.3) is 33.2 Å². The van der Waals surface area contributed by atoms with Crippen molar-refractivity contribution in [2.24, 2.45) is 13.0 Å². The zero-order valence-corrected chi connectivity index (χ0v) is 22.2. The Morgan fingerprint density at radius 2 is 1.87 bits per heavy atom. The number of ether oxygens (including phenoxy) is 1. The number of rotatable bonds is 5. The molecule has 1 aromatic carbocycles. The van der Waals surface area contributed by atoms with E-state index in [2.05, 4.69) is 20.0 Å². The van der Waals surface area contributed by atoms with E-state index in [1.54, 1.807) is 37.8 Å². The fourth-order valence-electron chi connectivity index (χ4n) is 5.71. The Hall–Kier alpha value is -3.63. The molecule has 1 N–H and O–H groups in total. The molecule has 4 aromatic heterocycles. The predicted molar refractivity (Wildman–Crippen MR) is 140 cm³/mol. The molecule has 10 heteroatoms. The maximum absolute atomic E-state index is 15.7. The molecule has 1 unspecified atom stereocenters. The second-order valence-electron chi connectivity index (χ2n) is 10.8. The van der Waals surface area contributed by atoms with Crippen molar-refractivity contribution in [1.29, 1.82) is 0 Å². The number of halogens is 1. The van der Waals surface area contributed by atoms with Gasteiger partial charge in [0.1, 0.15) is 17.3 Å². The first-order valence-corrected chi connectivity index (χ1v) is 12.9. The van der Waals surface area contributed by atoms with Crippen LogP contribution in [0.15, 0.2) is 35.0 Å². The molecule has 198 valence electrons. The van der Waals surface area contributed by atoms with Gasteiger partial charge in [0.15, 0.2) is 0 Å². The lowest BCUT2D eigenvalue weighted by Crippen LogP contribution is -2.27. The first-order chi connectivity index (χ1) is 18.1. The fourth-order valence-corrected chi connectivity index (χ4v) is 5.71. The first-order valence-electron chi connectivity index (χ1n) is 12.9. The highest BCUT2D eigenvalue weighted by Crippen LogP contribution is 2.42. The summed E-state index contributed by atoms with van der Waals surface area (Å²) in [6, 6.07) is 7.11. The molecule has 6 rings (SSSR count). The molecule has 9 nitrogen and oxygen atoms in total. The number of aryl methyl sites for hydroxylation is 3. The highest BCUT2D eigenvalue weighted by atomic mass is 19.1. The highest BCUT2D eigenvalue weighted by Gasteiger charge is 2.33. The van der Waals surface area contributed by atoms with Gasteiger partial charge >= 0.3 is 0 Å². The molecule has 0 spiro atoms. The van der Waals surface area contributed by atoms with E-state index in [9.17, 15) is 5.11 Å². The van der Waals surface area contributed by atoms with Crippen molar-refractivity contribution in [3.63, 3.8) is 0 Å². The molecule has 0 radical (unpaired) electrons. The van der Waals surface area contributed by atoms with E-state index >= 15 is 4.39 Å². The standard InChI is InChI=1S/C28H31FN6O3/c1-15-10-22(32-38-15)27(17-6-8-37-9-7-17)35-23-13-19(26-16(2)31-33-34(26)5)21(29)12-20(23)25-24(35)11-18(14-30-25)28(3,4)36/h10-14,17,27,36H,6-9H2,1-5H3. The monoisotopic (exact) mass is 518 g/mol. The van der Waals surface area contributed by atoms with Crippen molar-refractivity contribution in [2.75, 3.05) is 13.2 Å². The first kappa shape index (κ1) is 24.7. The summed E-state index contributed by atoms with van der Waals surface area (Å²) >= 11 is 0. The molecule has 0 saturated carbocycles. The van der Waals surface area contributed by atoms with Crippen LogP contribution >= 0.6 is 0 Å². The van der Waals surface area contributed by atoms with Crippen LogP contribution < -0.4 is 0 Å². The Balaban J connectivity index is 1.72. The smallest absolute Gasteiger partial charge is 0.134 e. The van der Waals surface area contributed by atoms with Crippen LogP contribution in [0.4, 0.5) is 4.39 Å². The fraction of sp³-hybridized carbons (Fsp3) is 0.429. The van der Waals surface area contributed by atoms with Crippen LogP contribution in [0.2, 0.25) is 0 Å². The third kappa shape index (κ3) is 3.99. The third-order valence-corrected chi connectivity index (χ3v) is 7.62.